The maximum absolute atomic E-state index is 12.3. The van der Waals surface area contributed by atoms with Gasteiger partial charge in [-0.3, -0.25) is 18.6 Å². The summed E-state index contributed by atoms with van der Waals surface area (Å²) in [5.41, 5.74) is 0. The molecule has 3 unspecified atom stereocenters. The Hall–Kier alpha value is -3.34. The molecule has 1 amide bonds. The minimum absolute atomic E-state index is 0.0946. The summed E-state index contributed by atoms with van der Waals surface area (Å²) < 4.78 is 26.8. The van der Waals surface area contributed by atoms with E-state index in [1.807, 2.05) is 18.2 Å². The fourth-order valence-electron chi connectivity index (χ4n) is 5.69. The van der Waals surface area contributed by atoms with Gasteiger partial charge < -0.3 is 25.2 Å². The Morgan fingerprint density at radius 3 is 1.48 bits per heavy atom. The Kier molecular flexibility index (Phi) is 40.0. The van der Waals surface area contributed by atoms with Gasteiger partial charge in [0.25, 0.3) is 0 Å². The minimum atomic E-state index is -4.78. The number of hydrogen-bond donors (Lipinski definition) is 4. The van der Waals surface area contributed by atoms with Gasteiger partial charge in [0.05, 0.1) is 13.2 Å². The van der Waals surface area contributed by atoms with Crippen LogP contribution in [0.15, 0.2) is 85.1 Å². The highest BCUT2D eigenvalue weighted by Crippen LogP contribution is 2.43. The molecule has 0 aliphatic carbocycles. The average molecular weight is 862 g/mol. The lowest BCUT2D eigenvalue weighted by Gasteiger charge is -2.18. The van der Waals surface area contributed by atoms with Crippen LogP contribution in [0.3, 0.4) is 0 Å². The highest BCUT2D eigenvalue weighted by Gasteiger charge is 2.28. The van der Waals surface area contributed by atoms with E-state index in [1.165, 1.54) is 57.8 Å². The zero-order valence-corrected chi connectivity index (χ0v) is 37.9. The van der Waals surface area contributed by atoms with Crippen LogP contribution in [0, 0.1) is 0 Å². The lowest BCUT2D eigenvalue weighted by atomic mass is 10.1. The van der Waals surface area contributed by atoms with Crippen molar-refractivity contribution < 1.29 is 47.8 Å². The van der Waals surface area contributed by atoms with Crippen LogP contribution in [0.25, 0.3) is 0 Å². The molecule has 3 atom stereocenters. The second-order valence-corrected chi connectivity index (χ2v) is 16.3. The third kappa shape index (κ3) is 41.4. The van der Waals surface area contributed by atoms with E-state index in [-0.39, 0.29) is 12.8 Å². The van der Waals surface area contributed by atoms with Crippen molar-refractivity contribution in [2.24, 2.45) is 0 Å². The molecule has 0 saturated carbocycles. The molecule has 0 aliphatic heterocycles. The van der Waals surface area contributed by atoms with Gasteiger partial charge in [-0.1, -0.05) is 163 Å². The molecular weight excluding hydrogens is 781 g/mol. The number of aliphatic carboxylic acids is 1. The number of esters is 1. The lowest BCUT2D eigenvalue weighted by molar-refractivity contribution is -0.147. The summed E-state index contributed by atoms with van der Waals surface area (Å²) in [6.45, 7) is 2.39. The molecule has 11 nitrogen and oxygen atoms in total. The first-order valence-corrected chi connectivity index (χ1v) is 24.1. The fourth-order valence-corrected chi connectivity index (χ4v) is 6.46. The first-order chi connectivity index (χ1) is 29.1. The summed E-state index contributed by atoms with van der Waals surface area (Å²) in [7, 11) is -4.78. The van der Waals surface area contributed by atoms with Crippen LogP contribution in [-0.2, 0) is 32.7 Å². The Morgan fingerprint density at radius 2 is 0.983 bits per heavy atom. The Balaban J connectivity index is 4.01. The molecule has 12 heteroatoms. The summed E-state index contributed by atoms with van der Waals surface area (Å²) in [5, 5.41) is 21.8. The number of unbranched alkanes of at least 4 members (excludes halogenated alkanes) is 13. The van der Waals surface area contributed by atoms with E-state index in [2.05, 4.69) is 86.0 Å². The van der Waals surface area contributed by atoms with Crippen LogP contribution in [-0.4, -0.2) is 64.9 Å². The first-order valence-electron chi connectivity index (χ1n) is 22.6. The highest BCUT2D eigenvalue weighted by atomic mass is 31.2. The van der Waals surface area contributed by atoms with E-state index >= 15 is 0 Å². The Labute approximate surface area is 362 Å². The molecule has 0 aromatic carbocycles. The molecule has 0 aromatic rings. The Bertz CT molecular complexity index is 1340. The van der Waals surface area contributed by atoms with Gasteiger partial charge in [0.15, 0.2) is 6.04 Å². The summed E-state index contributed by atoms with van der Waals surface area (Å²) >= 11 is 0. The van der Waals surface area contributed by atoms with Crippen molar-refractivity contribution in [3.05, 3.63) is 85.1 Å². The number of carboxylic acid groups (broad SMARTS) is 1. The van der Waals surface area contributed by atoms with Crippen molar-refractivity contribution in [2.45, 2.75) is 180 Å². The van der Waals surface area contributed by atoms with Gasteiger partial charge in [0, 0.05) is 12.8 Å². The molecule has 0 heterocycles. The standard InChI is InChI=1S/C48H80NO10P/c1-3-5-7-9-11-13-15-17-19-21-22-24-26-28-30-32-34-36-38-40-47(52)57-41-44(50)42-58-60(55,56)59-43-45(48(53)54)49-46(51)39-37-35-33-31-29-27-25-23-20-18-16-14-12-10-8-6-4-2/h5,7,11,13,17-20,22,24,28,30,34,36,44-45,50H,3-4,6,8-10,12,14-16,21,23,25-27,29,31-33,35,37-43H2,1-2H3,(H,49,51)(H,53,54)(H,55,56)/b7-5-,13-11-,19-17-,20-18-,24-22-,30-28-,36-34-. The molecule has 0 bridgehead atoms. The molecule has 0 aromatic heterocycles. The molecule has 0 radical (unpaired) electrons. The van der Waals surface area contributed by atoms with Crippen LogP contribution in [0.4, 0.5) is 0 Å². The van der Waals surface area contributed by atoms with Gasteiger partial charge in [-0.25, -0.2) is 9.36 Å². The topological polar surface area (TPSA) is 169 Å². The van der Waals surface area contributed by atoms with Gasteiger partial charge in [0.1, 0.15) is 12.7 Å². The monoisotopic (exact) mass is 862 g/mol. The average Bonchev–Trinajstić information content (AvgIpc) is 3.22. The van der Waals surface area contributed by atoms with Crippen molar-refractivity contribution >= 4 is 25.7 Å². The third-order valence-electron chi connectivity index (χ3n) is 9.18. The number of aliphatic hydroxyl groups is 1. The number of phosphoric ester groups is 1. The maximum atomic E-state index is 12.3. The van der Waals surface area contributed by atoms with E-state index in [0.29, 0.717) is 12.8 Å². The SMILES string of the molecule is CC/C=C\C/C=C\C/C=C\C/C=C\C/C=C\C/C=C\CCC(=O)OCC(O)COP(=O)(O)OCC(NC(=O)CCCCCCCCC/C=C\CCCCCCCC)C(=O)O. The van der Waals surface area contributed by atoms with Crippen molar-refractivity contribution in [1.29, 1.82) is 0 Å². The zero-order chi connectivity index (χ0) is 44.2. The van der Waals surface area contributed by atoms with E-state index < -0.39 is 57.6 Å². The third-order valence-corrected chi connectivity index (χ3v) is 10.1. The molecule has 342 valence electrons. The van der Waals surface area contributed by atoms with Crippen molar-refractivity contribution in [3.63, 3.8) is 0 Å². The number of rotatable bonds is 41. The summed E-state index contributed by atoms with van der Waals surface area (Å²) in [4.78, 5) is 45.9. The second-order valence-electron chi connectivity index (χ2n) is 14.9. The molecule has 0 saturated heterocycles. The second kappa shape index (κ2) is 42.4. The minimum Gasteiger partial charge on any atom is -0.480 e. The lowest BCUT2D eigenvalue weighted by Crippen LogP contribution is -2.43. The number of carbonyl (C=O) groups excluding carboxylic acids is 2. The number of hydrogen-bond acceptors (Lipinski definition) is 8. The number of aliphatic hydroxyl groups excluding tert-OH is 1. The fraction of sp³-hybridized carbons (Fsp3) is 0.646. The van der Waals surface area contributed by atoms with E-state index in [4.69, 9.17) is 13.8 Å². The molecule has 0 rings (SSSR count). The van der Waals surface area contributed by atoms with Gasteiger partial charge in [-0.2, -0.15) is 0 Å². The van der Waals surface area contributed by atoms with Gasteiger partial charge >= 0.3 is 19.8 Å². The predicted octanol–water partition coefficient (Wildman–Crippen LogP) is 11.9. The van der Waals surface area contributed by atoms with Crippen LogP contribution in [0.2, 0.25) is 0 Å². The van der Waals surface area contributed by atoms with Crippen molar-refractivity contribution in [2.75, 3.05) is 19.8 Å². The van der Waals surface area contributed by atoms with Crippen LogP contribution >= 0.6 is 7.82 Å². The number of carbonyl (C=O) groups is 3. The van der Waals surface area contributed by atoms with Crippen LogP contribution < -0.4 is 5.32 Å². The van der Waals surface area contributed by atoms with Crippen LogP contribution in [0.1, 0.15) is 168 Å². The Morgan fingerprint density at radius 1 is 0.550 bits per heavy atom. The van der Waals surface area contributed by atoms with Crippen molar-refractivity contribution in [3.8, 4) is 0 Å². The van der Waals surface area contributed by atoms with Crippen LogP contribution in [0.5, 0.6) is 0 Å². The molecule has 4 N–H and O–H groups in total. The van der Waals surface area contributed by atoms with Gasteiger partial charge in [0.2, 0.25) is 5.91 Å². The summed E-state index contributed by atoms with van der Waals surface area (Å²) in [5.74, 6) is -2.48. The summed E-state index contributed by atoms with van der Waals surface area (Å²) in [6.07, 6.45) is 51.9. The molecule has 0 fully saturated rings. The smallest absolute Gasteiger partial charge is 0.472 e. The van der Waals surface area contributed by atoms with Crippen molar-refractivity contribution in [1.82, 2.24) is 5.32 Å². The molecule has 0 aliphatic rings. The van der Waals surface area contributed by atoms with E-state index in [9.17, 15) is 34.1 Å². The first kappa shape index (κ1) is 56.7. The maximum Gasteiger partial charge on any atom is 0.472 e. The van der Waals surface area contributed by atoms with Gasteiger partial charge in [-0.15, -0.1) is 0 Å². The van der Waals surface area contributed by atoms with E-state index in [0.717, 1.165) is 70.6 Å². The zero-order valence-electron chi connectivity index (χ0n) is 37.0. The number of allylic oxidation sites excluding steroid dienone is 14. The number of carboxylic acids is 1. The molecule has 60 heavy (non-hydrogen) atoms. The number of phosphoric acid groups is 1. The quantitative estimate of drug-likeness (QED) is 0.0201. The number of ether oxygens (including phenoxy) is 1. The normalized spacial score (nSPS) is 14.5. The highest BCUT2D eigenvalue weighted by molar-refractivity contribution is 7.47. The number of amides is 1. The largest absolute Gasteiger partial charge is 0.480 e. The van der Waals surface area contributed by atoms with E-state index in [1.54, 1.807) is 0 Å². The molecule has 0 spiro atoms. The predicted molar refractivity (Wildman–Crippen MR) is 244 cm³/mol. The van der Waals surface area contributed by atoms with Gasteiger partial charge in [-0.05, 0) is 77.0 Å². The number of nitrogens with one attached hydrogen (secondary N) is 1. The summed E-state index contributed by atoms with van der Waals surface area (Å²) in [6, 6.07) is -1.56. The molecular formula is C48H80NO10P.